The van der Waals surface area contributed by atoms with E-state index in [9.17, 15) is 4.79 Å². The van der Waals surface area contributed by atoms with E-state index in [0.717, 1.165) is 23.5 Å². The normalized spacial score (nSPS) is 14.1. The third kappa shape index (κ3) is 3.39. The molecule has 2 aromatic rings. The van der Waals surface area contributed by atoms with Gasteiger partial charge in [0, 0.05) is 11.3 Å². The summed E-state index contributed by atoms with van der Waals surface area (Å²) in [4.78, 5) is 12.4. The first-order valence-corrected chi connectivity index (χ1v) is 7.73. The highest BCUT2D eigenvalue weighted by molar-refractivity contribution is 5.94. The van der Waals surface area contributed by atoms with Crippen LogP contribution in [0.3, 0.4) is 0 Å². The van der Waals surface area contributed by atoms with Crippen molar-refractivity contribution < 1.29 is 14.3 Å². The van der Waals surface area contributed by atoms with Gasteiger partial charge in [-0.3, -0.25) is 4.79 Å². The predicted octanol–water partition coefficient (Wildman–Crippen LogP) is 2.92. The quantitative estimate of drug-likeness (QED) is 0.851. The molecule has 0 aromatic heterocycles. The minimum atomic E-state index is -0.119. The highest BCUT2D eigenvalue weighted by Crippen LogP contribution is 2.33. The fourth-order valence-electron chi connectivity index (χ4n) is 2.57. The van der Waals surface area contributed by atoms with Crippen LogP contribution in [-0.4, -0.2) is 19.1 Å². The number of rotatable bonds is 4. The van der Waals surface area contributed by atoms with Gasteiger partial charge in [-0.1, -0.05) is 13.0 Å². The van der Waals surface area contributed by atoms with Crippen LogP contribution < -0.4 is 20.5 Å². The molecule has 0 fully saturated rings. The number of nitrogens with two attached hydrogens (primary N) is 1. The average Bonchev–Trinajstić information content (AvgIpc) is 2.59. The van der Waals surface area contributed by atoms with Gasteiger partial charge in [0.1, 0.15) is 13.2 Å². The molecule has 120 valence electrons. The second-order valence-corrected chi connectivity index (χ2v) is 5.46. The number of ether oxygens (including phenoxy) is 2. The molecule has 2 aromatic carbocycles. The van der Waals surface area contributed by atoms with E-state index < -0.39 is 0 Å². The fourth-order valence-corrected chi connectivity index (χ4v) is 2.57. The molecule has 1 aliphatic rings. The molecule has 5 nitrogen and oxygen atoms in total. The lowest BCUT2D eigenvalue weighted by Gasteiger charge is -2.22. The summed E-state index contributed by atoms with van der Waals surface area (Å²) < 4.78 is 11.1. The number of amides is 1. The van der Waals surface area contributed by atoms with Gasteiger partial charge in [-0.25, -0.2) is 0 Å². The van der Waals surface area contributed by atoms with E-state index in [2.05, 4.69) is 5.32 Å². The van der Waals surface area contributed by atoms with Gasteiger partial charge in [0.15, 0.2) is 11.5 Å². The Morgan fingerprint density at radius 2 is 1.83 bits per heavy atom. The SMILES string of the molecule is CCC(NC(=O)c1ccc(N)cc1)c1ccc2c(c1)OCCO2. The second-order valence-electron chi connectivity index (χ2n) is 5.46. The maximum Gasteiger partial charge on any atom is 0.251 e. The minimum absolute atomic E-state index is 0.0871. The number of nitrogen functional groups attached to an aromatic ring is 1. The molecule has 0 saturated carbocycles. The molecule has 0 spiro atoms. The van der Waals surface area contributed by atoms with Gasteiger partial charge in [-0.05, 0) is 48.4 Å². The molecule has 1 aliphatic heterocycles. The van der Waals surface area contributed by atoms with Crippen LogP contribution in [0.5, 0.6) is 11.5 Å². The number of hydrogen-bond acceptors (Lipinski definition) is 4. The Hall–Kier alpha value is -2.69. The number of carbonyl (C=O) groups is 1. The average molecular weight is 312 g/mol. The fraction of sp³-hybridized carbons (Fsp3) is 0.278. The molecule has 0 saturated heterocycles. The molecule has 3 rings (SSSR count). The Morgan fingerprint density at radius 3 is 2.52 bits per heavy atom. The first-order chi connectivity index (χ1) is 11.2. The molecule has 23 heavy (non-hydrogen) atoms. The zero-order valence-corrected chi connectivity index (χ0v) is 13.0. The van der Waals surface area contributed by atoms with Crippen LogP contribution in [0.2, 0.25) is 0 Å². The first kappa shape index (κ1) is 15.2. The van der Waals surface area contributed by atoms with E-state index in [-0.39, 0.29) is 11.9 Å². The third-order valence-corrected chi connectivity index (χ3v) is 3.86. The molecule has 1 amide bonds. The molecule has 0 bridgehead atoms. The van der Waals surface area contributed by atoms with Crippen LogP contribution in [0, 0.1) is 0 Å². The molecule has 0 aliphatic carbocycles. The number of anilines is 1. The molecule has 0 radical (unpaired) electrons. The molecule has 5 heteroatoms. The summed E-state index contributed by atoms with van der Waals surface area (Å²) in [6.45, 7) is 3.15. The summed E-state index contributed by atoms with van der Waals surface area (Å²) in [5, 5.41) is 3.05. The maximum atomic E-state index is 12.4. The van der Waals surface area contributed by atoms with Gasteiger partial charge in [-0.15, -0.1) is 0 Å². The highest BCUT2D eigenvalue weighted by Gasteiger charge is 2.18. The van der Waals surface area contributed by atoms with E-state index in [1.165, 1.54) is 0 Å². The zero-order chi connectivity index (χ0) is 16.2. The molecular weight excluding hydrogens is 292 g/mol. The molecule has 3 N–H and O–H groups in total. The first-order valence-electron chi connectivity index (χ1n) is 7.73. The van der Waals surface area contributed by atoms with Gasteiger partial charge in [0.25, 0.3) is 5.91 Å². The van der Waals surface area contributed by atoms with Crippen LogP contribution in [0.4, 0.5) is 5.69 Å². The maximum absolute atomic E-state index is 12.4. The Kier molecular flexibility index (Phi) is 4.37. The molecular formula is C18H20N2O3. The van der Waals surface area contributed by atoms with Crippen molar-refractivity contribution in [1.82, 2.24) is 5.32 Å². The monoisotopic (exact) mass is 312 g/mol. The summed E-state index contributed by atoms with van der Waals surface area (Å²) in [7, 11) is 0. The summed E-state index contributed by atoms with van der Waals surface area (Å²) in [6.07, 6.45) is 0.778. The van der Waals surface area contributed by atoms with Gasteiger partial charge < -0.3 is 20.5 Å². The van der Waals surface area contributed by atoms with Crippen LogP contribution in [0.1, 0.15) is 35.3 Å². The minimum Gasteiger partial charge on any atom is -0.486 e. The van der Waals surface area contributed by atoms with Crippen molar-refractivity contribution in [3.8, 4) is 11.5 Å². The van der Waals surface area contributed by atoms with Gasteiger partial charge >= 0.3 is 0 Å². The Balaban J connectivity index is 1.77. The Morgan fingerprint density at radius 1 is 1.13 bits per heavy atom. The second kappa shape index (κ2) is 6.60. The van der Waals surface area contributed by atoms with Crippen molar-refractivity contribution in [2.45, 2.75) is 19.4 Å². The van der Waals surface area contributed by atoms with E-state index in [0.29, 0.717) is 24.5 Å². The number of carbonyl (C=O) groups excluding carboxylic acids is 1. The van der Waals surface area contributed by atoms with Crippen LogP contribution in [0.15, 0.2) is 42.5 Å². The zero-order valence-electron chi connectivity index (χ0n) is 13.0. The summed E-state index contributed by atoms with van der Waals surface area (Å²) >= 11 is 0. The molecule has 1 atom stereocenters. The summed E-state index contributed by atoms with van der Waals surface area (Å²) in [5.41, 5.74) is 7.89. The van der Waals surface area contributed by atoms with Crippen molar-refractivity contribution in [2.24, 2.45) is 0 Å². The lowest BCUT2D eigenvalue weighted by Crippen LogP contribution is -2.28. The smallest absolute Gasteiger partial charge is 0.251 e. The summed E-state index contributed by atoms with van der Waals surface area (Å²) in [5.74, 6) is 1.36. The Labute approximate surface area is 135 Å². The van der Waals surface area contributed by atoms with E-state index in [1.807, 2.05) is 25.1 Å². The predicted molar refractivity (Wildman–Crippen MR) is 88.8 cm³/mol. The number of nitrogens with one attached hydrogen (secondary N) is 1. The number of hydrogen-bond donors (Lipinski definition) is 2. The van der Waals surface area contributed by atoms with E-state index >= 15 is 0 Å². The third-order valence-electron chi connectivity index (χ3n) is 3.86. The van der Waals surface area contributed by atoms with E-state index in [1.54, 1.807) is 24.3 Å². The lowest BCUT2D eigenvalue weighted by atomic mass is 10.0. The highest BCUT2D eigenvalue weighted by atomic mass is 16.6. The standard InChI is InChI=1S/C18H20N2O3/c1-2-15(20-18(21)12-3-6-14(19)7-4-12)13-5-8-16-17(11-13)23-10-9-22-16/h3-8,11,15H,2,9-10,19H2,1H3,(H,20,21). The van der Waals surface area contributed by atoms with Gasteiger partial charge in [-0.2, -0.15) is 0 Å². The Bertz CT molecular complexity index is 698. The largest absolute Gasteiger partial charge is 0.486 e. The number of benzene rings is 2. The van der Waals surface area contributed by atoms with Crippen molar-refractivity contribution >= 4 is 11.6 Å². The van der Waals surface area contributed by atoms with Crippen LogP contribution >= 0.6 is 0 Å². The van der Waals surface area contributed by atoms with Gasteiger partial charge in [0.2, 0.25) is 0 Å². The van der Waals surface area contributed by atoms with Crippen molar-refractivity contribution in [3.63, 3.8) is 0 Å². The van der Waals surface area contributed by atoms with Crippen molar-refractivity contribution in [3.05, 3.63) is 53.6 Å². The van der Waals surface area contributed by atoms with Gasteiger partial charge in [0.05, 0.1) is 6.04 Å². The van der Waals surface area contributed by atoms with Crippen LogP contribution in [-0.2, 0) is 0 Å². The summed E-state index contributed by atoms with van der Waals surface area (Å²) in [6, 6.07) is 12.6. The van der Waals surface area contributed by atoms with Crippen molar-refractivity contribution in [2.75, 3.05) is 18.9 Å². The lowest BCUT2D eigenvalue weighted by molar-refractivity contribution is 0.0935. The van der Waals surface area contributed by atoms with Crippen LogP contribution in [0.25, 0.3) is 0 Å². The topological polar surface area (TPSA) is 73.6 Å². The van der Waals surface area contributed by atoms with Crippen molar-refractivity contribution in [1.29, 1.82) is 0 Å². The molecule has 1 heterocycles. The molecule has 1 unspecified atom stereocenters. The van der Waals surface area contributed by atoms with E-state index in [4.69, 9.17) is 15.2 Å². The number of fused-ring (bicyclic) bond motifs is 1.